The van der Waals surface area contributed by atoms with Crippen LogP contribution in [0.4, 0.5) is 0 Å². The number of nitrogens with zero attached hydrogens (tertiary/aromatic N) is 1. The van der Waals surface area contributed by atoms with E-state index in [2.05, 4.69) is 4.98 Å². The molecular weight excluding hydrogens is 271 g/mol. The Morgan fingerprint density at radius 1 is 1.67 bits per heavy atom. The van der Waals surface area contributed by atoms with Gasteiger partial charge in [0.1, 0.15) is 11.4 Å². The zero-order chi connectivity index (χ0) is 9.14. The van der Waals surface area contributed by atoms with Crippen molar-refractivity contribution < 1.29 is 10.2 Å². The van der Waals surface area contributed by atoms with E-state index in [1.807, 2.05) is 22.6 Å². The maximum Gasteiger partial charge on any atom is 0.139 e. The lowest BCUT2D eigenvalue weighted by Crippen LogP contribution is -2.16. The molecule has 0 saturated heterocycles. The van der Waals surface area contributed by atoms with Gasteiger partial charge in [-0.15, -0.1) is 0 Å². The van der Waals surface area contributed by atoms with E-state index in [1.54, 1.807) is 12.3 Å². The van der Waals surface area contributed by atoms with Gasteiger partial charge in [-0.3, -0.25) is 4.98 Å². The fourth-order valence-electron chi connectivity index (χ4n) is 0.811. The fourth-order valence-corrected chi connectivity index (χ4v) is 1.25. The summed E-state index contributed by atoms with van der Waals surface area (Å²) in [5.41, 5.74) is 5.80. The maximum atomic E-state index is 9.33. The van der Waals surface area contributed by atoms with Crippen LogP contribution in [0.1, 0.15) is 11.7 Å². The number of aromatic nitrogens is 1. The van der Waals surface area contributed by atoms with Gasteiger partial charge < -0.3 is 15.9 Å². The largest absolute Gasteiger partial charge is 0.506 e. The summed E-state index contributed by atoms with van der Waals surface area (Å²) in [5, 5.41) is 18.0. The second-order valence-electron chi connectivity index (χ2n) is 2.35. The van der Waals surface area contributed by atoms with E-state index >= 15 is 0 Å². The predicted octanol–water partition coefficient (Wildman–Crippen LogP) is 0.384. The number of rotatable bonds is 2. The van der Waals surface area contributed by atoms with Crippen LogP contribution >= 0.6 is 22.6 Å². The topological polar surface area (TPSA) is 79.4 Å². The minimum Gasteiger partial charge on any atom is -0.506 e. The molecule has 0 spiro atoms. The van der Waals surface area contributed by atoms with Gasteiger partial charge >= 0.3 is 0 Å². The Kier molecular flexibility index (Phi) is 3.24. The normalized spacial score (nSPS) is 12.9. The molecule has 0 saturated carbocycles. The average molecular weight is 280 g/mol. The Hall–Kier alpha value is -0.400. The first-order chi connectivity index (χ1) is 5.65. The van der Waals surface area contributed by atoms with Crippen molar-refractivity contribution in [1.82, 2.24) is 4.98 Å². The van der Waals surface area contributed by atoms with E-state index in [0.29, 0.717) is 5.69 Å². The summed E-state index contributed by atoms with van der Waals surface area (Å²) in [7, 11) is 0. The molecule has 4 nitrogen and oxygen atoms in total. The summed E-state index contributed by atoms with van der Waals surface area (Å²) in [6.45, 7) is -0.221. The van der Waals surface area contributed by atoms with Gasteiger partial charge in [0.2, 0.25) is 0 Å². The lowest BCUT2D eigenvalue weighted by Gasteiger charge is -2.08. The number of nitrogens with two attached hydrogens (primary N) is 1. The number of aliphatic hydroxyl groups is 1. The Balaban J connectivity index is 3.01. The molecule has 1 aromatic heterocycles. The van der Waals surface area contributed by atoms with Crippen molar-refractivity contribution in [2.75, 3.05) is 6.61 Å². The molecule has 0 amide bonds. The quantitative estimate of drug-likeness (QED) is 0.684. The van der Waals surface area contributed by atoms with Crippen LogP contribution < -0.4 is 5.73 Å². The molecule has 1 aromatic rings. The number of aliphatic hydroxyl groups excluding tert-OH is 1. The van der Waals surface area contributed by atoms with Gasteiger partial charge in [-0.25, -0.2) is 0 Å². The van der Waals surface area contributed by atoms with Crippen LogP contribution in [0.3, 0.4) is 0 Å². The third-order valence-electron chi connectivity index (χ3n) is 1.41. The monoisotopic (exact) mass is 280 g/mol. The van der Waals surface area contributed by atoms with Crippen molar-refractivity contribution in [1.29, 1.82) is 0 Å². The highest BCUT2D eigenvalue weighted by molar-refractivity contribution is 14.1. The molecular formula is C7H9IN2O2. The highest BCUT2D eigenvalue weighted by Crippen LogP contribution is 2.21. The molecule has 4 N–H and O–H groups in total. The van der Waals surface area contributed by atoms with Crippen LogP contribution in [0, 0.1) is 3.57 Å². The molecule has 5 heteroatoms. The van der Waals surface area contributed by atoms with Gasteiger partial charge in [-0.2, -0.15) is 0 Å². The average Bonchev–Trinajstić information content (AvgIpc) is 2.03. The maximum absolute atomic E-state index is 9.33. The molecule has 0 fully saturated rings. The number of pyridine rings is 1. The standard InChI is InChI=1S/C7H9IN2O2/c8-4-1-6(12)7(10-2-4)5(9)3-11/h1-2,5,11-12H,3,9H2/t5-/m0/s1. The second kappa shape index (κ2) is 4.01. The van der Waals surface area contributed by atoms with Crippen molar-refractivity contribution in [2.45, 2.75) is 6.04 Å². The highest BCUT2D eigenvalue weighted by Gasteiger charge is 2.10. The van der Waals surface area contributed by atoms with Gasteiger partial charge in [-0.1, -0.05) is 0 Å². The van der Waals surface area contributed by atoms with Crippen molar-refractivity contribution in [3.63, 3.8) is 0 Å². The van der Waals surface area contributed by atoms with E-state index in [1.165, 1.54) is 0 Å². The SMILES string of the molecule is N[C@@H](CO)c1ncc(I)cc1O. The number of hydrogen-bond acceptors (Lipinski definition) is 4. The Morgan fingerprint density at radius 2 is 2.33 bits per heavy atom. The zero-order valence-electron chi connectivity index (χ0n) is 6.24. The predicted molar refractivity (Wildman–Crippen MR) is 52.6 cm³/mol. The summed E-state index contributed by atoms with van der Waals surface area (Å²) in [6.07, 6.45) is 1.59. The Labute approximate surface area is 83.6 Å². The van der Waals surface area contributed by atoms with Gasteiger partial charge in [0.15, 0.2) is 0 Å². The van der Waals surface area contributed by atoms with Crippen molar-refractivity contribution >= 4 is 22.6 Å². The lowest BCUT2D eigenvalue weighted by atomic mass is 10.2. The Morgan fingerprint density at radius 3 is 2.83 bits per heavy atom. The zero-order valence-corrected chi connectivity index (χ0v) is 8.39. The van der Waals surface area contributed by atoms with Gasteiger partial charge in [0.05, 0.1) is 12.6 Å². The molecule has 0 aromatic carbocycles. The number of aromatic hydroxyl groups is 1. The summed E-state index contributed by atoms with van der Waals surface area (Å²) in [4.78, 5) is 3.91. The summed E-state index contributed by atoms with van der Waals surface area (Å²) < 4.78 is 0.832. The second-order valence-corrected chi connectivity index (χ2v) is 3.59. The van der Waals surface area contributed by atoms with E-state index in [4.69, 9.17) is 10.8 Å². The van der Waals surface area contributed by atoms with Gasteiger partial charge in [-0.05, 0) is 28.7 Å². The molecule has 0 radical (unpaired) electrons. The molecule has 1 atom stereocenters. The van der Waals surface area contributed by atoms with Crippen LogP contribution in [0.5, 0.6) is 5.75 Å². The summed E-state index contributed by atoms with van der Waals surface area (Å²) >= 11 is 2.03. The minimum atomic E-state index is -0.609. The third-order valence-corrected chi connectivity index (χ3v) is 2.00. The summed E-state index contributed by atoms with van der Waals surface area (Å²) in [6, 6.07) is 0.945. The van der Waals surface area contributed by atoms with E-state index in [9.17, 15) is 5.11 Å². The number of hydrogen-bond donors (Lipinski definition) is 3. The third kappa shape index (κ3) is 2.05. The van der Waals surface area contributed by atoms with Crippen LogP contribution in [-0.4, -0.2) is 21.8 Å². The molecule has 0 unspecified atom stereocenters. The summed E-state index contributed by atoms with van der Waals surface area (Å²) in [5.74, 6) is 0.0310. The number of halogens is 1. The molecule has 66 valence electrons. The molecule has 0 bridgehead atoms. The van der Waals surface area contributed by atoms with Gasteiger partial charge in [0.25, 0.3) is 0 Å². The molecule has 1 heterocycles. The molecule has 0 aliphatic rings. The van der Waals surface area contributed by atoms with E-state index < -0.39 is 6.04 Å². The molecule has 1 rings (SSSR count). The van der Waals surface area contributed by atoms with Gasteiger partial charge in [0, 0.05) is 9.77 Å². The van der Waals surface area contributed by atoms with Crippen molar-refractivity contribution in [3.05, 3.63) is 21.5 Å². The van der Waals surface area contributed by atoms with E-state index in [0.717, 1.165) is 3.57 Å². The smallest absolute Gasteiger partial charge is 0.139 e. The Bertz CT molecular complexity index is 280. The van der Waals surface area contributed by atoms with E-state index in [-0.39, 0.29) is 12.4 Å². The first-order valence-corrected chi connectivity index (χ1v) is 4.44. The van der Waals surface area contributed by atoms with Crippen molar-refractivity contribution in [3.8, 4) is 5.75 Å². The lowest BCUT2D eigenvalue weighted by molar-refractivity contribution is 0.262. The van der Waals surface area contributed by atoms with Crippen molar-refractivity contribution in [2.24, 2.45) is 5.73 Å². The molecule has 0 aliphatic carbocycles. The first-order valence-electron chi connectivity index (χ1n) is 3.36. The first kappa shape index (κ1) is 9.69. The fraction of sp³-hybridized carbons (Fsp3) is 0.286. The van der Waals surface area contributed by atoms with Crippen LogP contribution in [-0.2, 0) is 0 Å². The highest BCUT2D eigenvalue weighted by atomic mass is 127. The van der Waals surface area contributed by atoms with Crippen LogP contribution in [0.25, 0.3) is 0 Å². The molecule has 0 aliphatic heterocycles. The van der Waals surface area contributed by atoms with Crippen LogP contribution in [0.15, 0.2) is 12.3 Å². The molecule has 12 heavy (non-hydrogen) atoms. The minimum absolute atomic E-state index is 0.0310. The van der Waals surface area contributed by atoms with Crippen LogP contribution in [0.2, 0.25) is 0 Å².